The summed E-state index contributed by atoms with van der Waals surface area (Å²) < 4.78 is 0. The molecule has 2 amide bonds. The maximum atomic E-state index is 12.0. The number of amides is 2. The summed E-state index contributed by atoms with van der Waals surface area (Å²) in [5, 5.41) is 11.6. The molecule has 0 bridgehead atoms. The van der Waals surface area contributed by atoms with Crippen LogP contribution in [0.2, 0.25) is 0 Å². The Morgan fingerprint density at radius 1 is 1.32 bits per heavy atom. The van der Waals surface area contributed by atoms with Gasteiger partial charge in [-0.2, -0.15) is 0 Å². The van der Waals surface area contributed by atoms with E-state index in [2.05, 4.69) is 5.32 Å². The van der Waals surface area contributed by atoms with Crippen LogP contribution in [0.15, 0.2) is 18.2 Å². The molecule has 0 aromatic heterocycles. The van der Waals surface area contributed by atoms with E-state index in [1.807, 2.05) is 6.07 Å². The van der Waals surface area contributed by atoms with Crippen LogP contribution >= 0.6 is 0 Å². The fourth-order valence-corrected chi connectivity index (χ4v) is 3.19. The number of carbonyl (C=O) groups excluding carboxylic acids is 2. The summed E-state index contributed by atoms with van der Waals surface area (Å²) in [6, 6.07) is 5.39. The van der Waals surface area contributed by atoms with Crippen molar-refractivity contribution in [3.05, 3.63) is 34.9 Å². The minimum Gasteiger partial charge on any atom is -0.356 e. The second-order valence-corrected chi connectivity index (χ2v) is 5.39. The molecule has 1 heterocycles. The number of hydroxylamine groups is 1. The summed E-state index contributed by atoms with van der Waals surface area (Å²) in [5.74, 6) is -0.336. The van der Waals surface area contributed by atoms with Crippen molar-refractivity contribution in [3.8, 4) is 0 Å². The van der Waals surface area contributed by atoms with Crippen molar-refractivity contribution in [2.24, 2.45) is 5.41 Å². The standard InChI is InChI=1S/C14H16N2O3/c17-12(16-19)10-1-2-11-8-14(4-3-9(11)7-10)5-6-15-13(14)18/h1-2,7,19H,3-6,8H2,(H,15,18)(H,16,17)/t14-/m0/s1. The van der Waals surface area contributed by atoms with Gasteiger partial charge in [0.1, 0.15) is 0 Å². The quantitative estimate of drug-likeness (QED) is 0.516. The van der Waals surface area contributed by atoms with Crippen LogP contribution in [0.3, 0.4) is 0 Å². The summed E-state index contributed by atoms with van der Waals surface area (Å²) in [6.07, 6.45) is 3.27. The van der Waals surface area contributed by atoms with Crippen molar-refractivity contribution in [1.82, 2.24) is 10.8 Å². The SMILES string of the molecule is O=C(NO)c1ccc2c(c1)CC[C@]1(CCNC1=O)C2. The largest absolute Gasteiger partial charge is 0.356 e. The van der Waals surface area contributed by atoms with Gasteiger partial charge in [-0.15, -0.1) is 0 Å². The van der Waals surface area contributed by atoms with Gasteiger partial charge in [0.05, 0.1) is 5.41 Å². The van der Waals surface area contributed by atoms with Crippen molar-refractivity contribution >= 4 is 11.8 Å². The molecule has 3 N–H and O–H groups in total. The predicted molar refractivity (Wildman–Crippen MR) is 67.8 cm³/mol. The van der Waals surface area contributed by atoms with E-state index in [-0.39, 0.29) is 11.3 Å². The first-order valence-corrected chi connectivity index (χ1v) is 6.49. The second-order valence-electron chi connectivity index (χ2n) is 5.39. The summed E-state index contributed by atoms with van der Waals surface area (Å²) in [6.45, 7) is 0.763. The Hall–Kier alpha value is -1.88. The third-order valence-corrected chi connectivity index (χ3v) is 4.34. The number of carbonyl (C=O) groups is 2. The molecule has 100 valence electrons. The minimum atomic E-state index is -0.498. The molecule has 1 aliphatic carbocycles. The van der Waals surface area contributed by atoms with E-state index >= 15 is 0 Å². The molecule has 3 rings (SSSR count). The second kappa shape index (κ2) is 4.35. The average Bonchev–Trinajstić information content (AvgIpc) is 2.78. The zero-order chi connectivity index (χ0) is 13.5. The Labute approximate surface area is 111 Å². The van der Waals surface area contributed by atoms with E-state index in [0.717, 1.165) is 43.4 Å². The predicted octanol–water partition coefficient (Wildman–Crippen LogP) is 0.801. The molecular weight excluding hydrogens is 244 g/mol. The molecule has 1 saturated heterocycles. The van der Waals surface area contributed by atoms with E-state index in [1.165, 1.54) is 0 Å². The molecule has 0 radical (unpaired) electrons. The average molecular weight is 260 g/mol. The third-order valence-electron chi connectivity index (χ3n) is 4.34. The van der Waals surface area contributed by atoms with Gasteiger partial charge in [-0.05, 0) is 48.9 Å². The lowest BCUT2D eigenvalue weighted by Crippen LogP contribution is -2.36. The molecule has 1 atom stereocenters. The molecule has 1 aromatic carbocycles. The minimum absolute atomic E-state index is 0.162. The van der Waals surface area contributed by atoms with Crippen LogP contribution in [0.4, 0.5) is 0 Å². The Balaban J connectivity index is 1.91. The number of benzene rings is 1. The molecule has 5 heteroatoms. The smallest absolute Gasteiger partial charge is 0.274 e. The zero-order valence-corrected chi connectivity index (χ0v) is 10.5. The van der Waals surface area contributed by atoms with Crippen molar-refractivity contribution in [3.63, 3.8) is 0 Å². The molecule has 5 nitrogen and oxygen atoms in total. The zero-order valence-electron chi connectivity index (χ0n) is 10.5. The first-order chi connectivity index (χ1) is 9.14. The fraction of sp³-hybridized carbons (Fsp3) is 0.429. The number of hydrogen-bond acceptors (Lipinski definition) is 3. The van der Waals surface area contributed by atoms with E-state index in [4.69, 9.17) is 5.21 Å². The van der Waals surface area contributed by atoms with Crippen LogP contribution in [-0.4, -0.2) is 23.6 Å². The molecule has 1 aliphatic heterocycles. The van der Waals surface area contributed by atoms with Crippen LogP contribution in [-0.2, 0) is 17.6 Å². The van der Waals surface area contributed by atoms with Gasteiger partial charge >= 0.3 is 0 Å². The number of hydrogen-bond donors (Lipinski definition) is 3. The van der Waals surface area contributed by atoms with Crippen LogP contribution in [0.1, 0.15) is 34.3 Å². The van der Waals surface area contributed by atoms with E-state index in [0.29, 0.717) is 5.56 Å². The Bertz CT molecular complexity index is 556. The summed E-state index contributed by atoms with van der Waals surface area (Å²) >= 11 is 0. The van der Waals surface area contributed by atoms with Gasteiger partial charge in [0.15, 0.2) is 0 Å². The van der Waals surface area contributed by atoms with Gasteiger partial charge in [0.2, 0.25) is 5.91 Å². The van der Waals surface area contributed by atoms with Crippen molar-refractivity contribution in [1.29, 1.82) is 0 Å². The number of nitrogens with one attached hydrogen (secondary N) is 2. The van der Waals surface area contributed by atoms with Crippen molar-refractivity contribution in [2.45, 2.75) is 25.7 Å². The number of aryl methyl sites for hydroxylation is 1. The Morgan fingerprint density at radius 3 is 2.84 bits per heavy atom. The summed E-state index contributed by atoms with van der Waals surface area (Å²) in [4.78, 5) is 23.3. The third kappa shape index (κ3) is 1.90. The van der Waals surface area contributed by atoms with Crippen molar-refractivity contribution < 1.29 is 14.8 Å². The summed E-state index contributed by atoms with van der Waals surface area (Å²) in [5.41, 5.74) is 4.09. The molecule has 1 spiro atoms. The molecule has 1 aromatic rings. The van der Waals surface area contributed by atoms with Crippen LogP contribution in [0.5, 0.6) is 0 Å². The number of rotatable bonds is 1. The molecule has 19 heavy (non-hydrogen) atoms. The first-order valence-electron chi connectivity index (χ1n) is 6.49. The van der Waals surface area contributed by atoms with Gasteiger partial charge in [-0.25, -0.2) is 5.48 Å². The van der Waals surface area contributed by atoms with Crippen LogP contribution in [0, 0.1) is 5.41 Å². The Kier molecular flexibility index (Phi) is 2.78. The first kappa shape index (κ1) is 12.2. The van der Waals surface area contributed by atoms with E-state index in [9.17, 15) is 9.59 Å². The van der Waals surface area contributed by atoms with Gasteiger partial charge in [-0.3, -0.25) is 14.8 Å². The molecule has 1 fully saturated rings. The lowest BCUT2D eigenvalue weighted by atomic mass is 9.70. The van der Waals surface area contributed by atoms with Crippen LogP contribution in [0.25, 0.3) is 0 Å². The van der Waals surface area contributed by atoms with Gasteiger partial charge in [0.25, 0.3) is 5.91 Å². The highest BCUT2D eigenvalue weighted by Crippen LogP contribution is 2.41. The lowest BCUT2D eigenvalue weighted by Gasteiger charge is -2.32. The Morgan fingerprint density at radius 2 is 2.16 bits per heavy atom. The monoisotopic (exact) mass is 260 g/mol. The van der Waals surface area contributed by atoms with Gasteiger partial charge in [0, 0.05) is 12.1 Å². The molecule has 0 unspecified atom stereocenters. The lowest BCUT2D eigenvalue weighted by molar-refractivity contribution is -0.128. The van der Waals surface area contributed by atoms with Gasteiger partial charge in [-0.1, -0.05) is 6.07 Å². The highest BCUT2D eigenvalue weighted by Gasteiger charge is 2.44. The number of fused-ring (bicyclic) bond motifs is 1. The maximum Gasteiger partial charge on any atom is 0.274 e. The molecular formula is C14H16N2O3. The van der Waals surface area contributed by atoms with Crippen molar-refractivity contribution in [2.75, 3.05) is 6.54 Å². The van der Waals surface area contributed by atoms with Gasteiger partial charge < -0.3 is 5.32 Å². The highest BCUT2D eigenvalue weighted by molar-refractivity contribution is 5.93. The van der Waals surface area contributed by atoms with E-state index < -0.39 is 5.91 Å². The molecule has 2 aliphatic rings. The molecule has 0 saturated carbocycles. The topological polar surface area (TPSA) is 78.4 Å². The maximum absolute atomic E-state index is 12.0. The normalized spacial score (nSPS) is 25.0. The van der Waals surface area contributed by atoms with Crippen LogP contribution < -0.4 is 10.8 Å². The van der Waals surface area contributed by atoms with E-state index in [1.54, 1.807) is 17.6 Å². The highest BCUT2D eigenvalue weighted by atomic mass is 16.5. The summed E-state index contributed by atoms with van der Waals surface area (Å²) in [7, 11) is 0. The fourth-order valence-electron chi connectivity index (χ4n) is 3.19.